The van der Waals surface area contributed by atoms with Crippen molar-refractivity contribution in [1.29, 1.82) is 0 Å². The average Bonchev–Trinajstić information content (AvgIpc) is 2.75. The van der Waals surface area contributed by atoms with E-state index in [0.717, 1.165) is 16.5 Å². The normalized spacial score (nSPS) is 14.7. The number of carbonyl (C=O) groups excluding carboxylic acids is 2. The molecule has 0 radical (unpaired) electrons. The monoisotopic (exact) mass is 473 g/mol. The number of hydrogen-bond acceptors (Lipinski definition) is 3. The van der Waals surface area contributed by atoms with Crippen molar-refractivity contribution in [2.24, 2.45) is 0 Å². The Morgan fingerprint density at radius 1 is 1.07 bits per heavy atom. The van der Waals surface area contributed by atoms with E-state index < -0.39 is 17.6 Å². The van der Waals surface area contributed by atoms with E-state index in [4.69, 9.17) is 0 Å². The van der Waals surface area contributed by atoms with Gasteiger partial charge < -0.3 is 10.2 Å². The Balaban J connectivity index is 1.42. The summed E-state index contributed by atoms with van der Waals surface area (Å²) in [6.45, 7) is 0.776. The Kier molecular flexibility index (Phi) is 5.76. The molecule has 5 nitrogen and oxygen atoms in total. The number of piperidine rings is 1. The highest BCUT2D eigenvalue weighted by Crippen LogP contribution is 2.33. The predicted molar refractivity (Wildman–Crippen MR) is 113 cm³/mol. The molecular formula is C22H18BrF2N3O2. The maximum absolute atomic E-state index is 13.9. The number of pyridine rings is 1. The minimum atomic E-state index is -0.869. The highest BCUT2D eigenvalue weighted by molar-refractivity contribution is 9.10. The van der Waals surface area contributed by atoms with Gasteiger partial charge in [-0.2, -0.15) is 0 Å². The van der Waals surface area contributed by atoms with Crippen LogP contribution in [0.2, 0.25) is 0 Å². The highest BCUT2D eigenvalue weighted by atomic mass is 79.9. The van der Waals surface area contributed by atoms with Gasteiger partial charge in [0.15, 0.2) is 0 Å². The zero-order chi connectivity index (χ0) is 21.3. The lowest BCUT2D eigenvalue weighted by molar-refractivity contribution is -0.143. The van der Waals surface area contributed by atoms with E-state index in [2.05, 4.69) is 26.2 Å². The van der Waals surface area contributed by atoms with Gasteiger partial charge in [0.05, 0.1) is 11.2 Å². The SMILES string of the molecule is O=C(Nc1ccc(Br)cc1F)C(=O)N1CCC(c2ccnc3ccc(F)cc23)CC1. The maximum atomic E-state index is 13.9. The van der Waals surface area contributed by atoms with Crippen LogP contribution < -0.4 is 5.32 Å². The molecule has 2 amide bonds. The van der Waals surface area contributed by atoms with Crippen molar-refractivity contribution in [3.8, 4) is 0 Å². The number of halogens is 3. The number of benzene rings is 2. The molecule has 1 aromatic heterocycles. The number of rotatable bonds is 2. The second kappa shape index (κ2) is 8.47. The van der Waals surface area contributed by atoms with Crippen molar-refractivity contribution in [3.63, 3.8) is 0 Å². The van der Waals surface area contributed by atoms with Gasteiger partial charge in [0.1, 0.15) is 11.6 Å². The quantitative estimate of drug-likeness (QED) is 0.552. The van der Waals surface area contributed by atoms with Gasteiger partial charge in [0.2, 0.25) is 0 Å². The van der Waals surface area contributed by atoms with Crippen LogP contribution in [0.3, 0.4) is 0 Å². The fourth-order valence-corrected chi connectivity index (χ4v) is 4.13. The summed E-state index contributed by atoms with van der Waals surface area (Å²) in [5, 5.41) is 3.10. The Bertz CT molecular complexity index is 1130. The van der Waals surface area contributed by atoms with Gasteiger partial charge in [-0.25, -0.2) is 8.78 Å². The molecule has 0 bridgehead atoms. The van der Waals surface area contributed by atoms with Gasteiger partial charge in [-0.15, -0.1) is 0 Å². The third kappa shape index (κ3) is 4.18. The van der Waals surface area contributed by atoms with Crippen LogP contribution in [0.1, 0.15) is 24.3 Å². The molecule has 1 aliphatic heterocycles. The van der Waals surface area contributed by atoms with Gasteiger partial charge in [-0.05, 0) is 66.8 Å². The number of fused-ring (bicyclic) bond motifs is 1. The Hall–Kier alpha value is -2.87. The molecule has 2 aromatic carbocycles. The van der Waals surface area contributed by atoms with E-state index in [9.17, 15) is 18.4 Å². The minimum Gasteiger partial charge on any atom is -0.334 e. The van der Waals surface area contributed by atoms with E-state index in [-0.39, 0.29) is 17.4 Å². The van der Waals surface area contributed by atoms with Crippen LogP contribution in [-0.2, 0) is 9.59 Å². The average molecular weight is 474 g/mol. The third-order valence-electron chi connectivity index (χ3n) is 5.33. The summed E-state index contributed by atoms with van der Waals surface area (Å²) >= 11 is 3.15. The zero-order valence-electron chi connectivity index (χ0n) is 15.9. The summed E-state index contributed by atoms with van der Waals surface area (Å²) < 4.78 is 28.2. The summed E-state index contributed by atoms with van der Waals surface area (Å²) in [6, 6.07) is 10.6. The van der Waals surface area contributed by atoms with Crippen molar-refractivity contribution in [2.45, 2.75) is 18.8 Å². The molecule has 8 heteroatoms. The minimum absolute atomic E-state index is 0.0447. The topological polar surface area (TPSA) is 62.3 Å². The largest absolute Gasteiger partial charge is 0.334 e. The molecule has 0 aliphatic carbocycles. The van der Waals surface area contributed by atoms with Crippen molar-refractivity contribution in [1.82, 2.24) is 9.88 Å². The van der Waals surface area contributed by atoms with Crippen LogP contribution in [0.5, 0.6) is 0 Å². The number of nitrogens with one attached hydrogen (secondary N) is 1. The van der Waals surface area contributed by atoms with E-state index in [0.29, 0.717) is 30.4 Å². The first-order chi connectivity index (χ1) is 14.4. The summed E-state index contributed by atoms with van der Waals surface area (Å²) in [5.74, 6) is -2.37. The summed E-state index contributed by atoms with van der Waals surface area (Å²) in [4.78, 5) is 30.5. The van der Waals surface area contributed by atoms with Crippen molar-refractivity contribution in [3.05, 3.63) is 70.3 Å². The number of hydrogen-bond donors (Lipinski definition) is 1. The van der Waals surface area contributed by atoms with E-state index in [1.165, 1.54) is 29.2 Å². The van der Waals surface area contributed by atoms with Gasteiger partial charge in [-0.3, -0.25) is 14.6 Å². The zero-order valence-corrected chi connectivity index (χ0v) is 17.5. The molecule has 0 saturated carbocycles. The number of aromatic nitrogens is 1. The van der Waals surface area contributed by atoms with Crippen LogP contribution in [0.4, 0.5) is 14.5 Å². The van der Waals surface area contributed by atoms with Crippen LogP contribution >= 0.6 is 15.9 Å². The standard InChI is InChI=1S/C22H18BrF2N3O2/c23-14-1-3-20(18(25)11-14)27-21(29)22(30)28-9-6-13(7-10-28)16-5-8-26-19-4-2-15(24)12-17(16)19/h1-5,8,11-13H,6-7,9-10H2,(H,27,29). The lowest BCUT2D eigenvalue weighted by Gasteiger charge is -2.32. The molecule has 0 spiro atoms. The molecular weight excluding hydrogens is 456 g/mol. The fraction of sp³-hybridized carbons (Fsp3) is 0.227. The van der Waals surface area contributed by atoms with Gasteiger partial charge in [0.25, 0.3) is 0 Å². The lowest BCUT2D eigenvalue weighted by atomic mass is 9.87. The maximum Gasteiger partial charge on any atom is 0.313 e. The first kappa shape index (κ1) is 20.4. The van der Waals surface area contributed by atoms with E-state index in [1.807, 2.05) is 6.07 Å². The molecule has 1 fully saturated rings. The van der Waals surface area contributed by atoms with Crippen molar-refractivity contribution < 1.29 is 18.4 Å². The van der Waals surface area contributed by atoms with Gasteiger partial charge in [-0.1, -0.05) is 15.9 Å². The van der Waals surface area contributed by atoms with Crippen LogP contribution in [0.25, 0.3) is 10.9 Å². The third-order valence-corrected chi connectivity index (χ3v) is 5.83. The van der Waals surface area contributed by atoms with Crippen LogP contribution in [0.15, 0.2) is 53.1 Å². The van der Waals surface area contributed by atoms with Gasteiger partial charge >= 0.3 is 11.8 Å². The molecule has 4 rings (SSSR count). The Morgan fingerprint density at radius 2 is 1.83 bits per heavy atom. The Labute approximate surface area is 180 Å². The first-order valence-corrected chi connectivity index (χ1v) is 10.3. The summed E-state index contributed by atoms with van der Waals surface area (Å²) in [7, 11) is 0. The predicted octanol–water partition coefficient (Wildman–Crippen LogP) is 4.62. The van der Waals surface area contributed by atoms with Crippen LogP contribution in [0, 0.1) is 11.6 Å². The van der Waals surface area contributed by atoms with Gasteiger partial charge in [0, 0.05) is 29.1 Å². The molecule has 154 valence electrons. The number of carbonyl (C=O) groups is 2. The second-order valence-corrected chi connectivity index (χ2v) is 8.12. The molecule has 1 saturated heterocycles. The summed E-state index contributed by atoms with van der Waals surface area (Å²) in [5.41, 5.74) is 1.67. The lowest BCUT2D eigenvalue weighted by Crippen LogP contribution is -2.43. The second-order valence-electron chi connectivity index (χ2n) is 7.21. The number of nitrogens with zero attached hydrogens (tertiary/aromatic N) is 2. The Morgan fingerprint density at radius 3 is 2.57 bits per heavy atom. The first-order valence-electron chi connectivity index (χ1n) is 9.52. The van der Waals surface area contributed by atoms with Crippen molar-refractivity contribution in [2.75, 3.05) is 18.4 Å². The molecule has 2 heterocycles. The molecule has 0 unspecified atom stereocenters. The smallest absolute Gasteiger partial charge is 0.313 e. The number of likely N-dealkylation sites (tertiary alicyclic amines) is 1. The summed E-state index contributed by atoms with van der Waals surface area (Å²) in [6.07, 6.45) is 2.98. The molecule has 0 atom stereocenters. The van der Waals surface area contributed by atoms with Crippen LogP contribution in [-0.4, -0.2) is 34.8 Å². The molecule has 3 aromatic rings. The van der Waals surface area contributed by atoms with E-state index in [1.54, 1.807) is 18.3 Å². The van der Waals surface area contributed by atoms with Crippen molar-refractivity contribution >= 4 is 44.3 Å². The fourth-order valence-electron chi connectivity index (χ4n) is 3.80. The molecule has 1 aliphatic rings. The highest BCUT2D eigenvalue weighted by Gasteiger charge is 2.29. The molecule has 1 N–H and O–H groups in total. The molecule has 30 heavy (non-hydrogen) atoms. The number of anilines is 1. The van der Waals surface area contributed by atoms with E-state index >= 15 is 0 Å². The number of amides is 2.